The van der Waals surface area contributed by atoms with Crippen molar-refractivity contribution in [2.45, 2.75) is 25.8 Å². The van der Waals surface area contributed by atoms with E-state index in [1.54, 1.807) is 7.05 Å². The Bertz CT molecular complexity index is 481. The summed E-state index contributed by atoms with van der Waals surface area (Å²) in [6.45, 7) is 3.40. The van der Waals surface area contributed by atoms with Crippen LogP contribution in [0.25, 0.3) is 0 Å². The highest BCUT2D eigenvalue weighted by Gasteiger charge is 2.32. The van der Waals surface area contributed by atoms with Gasteiger partial charge in [-0.05, 0) is 19.8 Å². The van der Waals surface area contributed by atoms with Gasteiger partial charge >= 0.3 is 6.01 Å². The predicted molar refractivity (Wildman–Crippen MR) is 75.0 cm³/mol. The van der Waals surface area contributed by atoms with E-state index in [4.69, 9.17) is 4.74 Å². The van der Waals surface area contributed by atoms with E-state index in [-0.39, 0.29) is 18.0 Å². The predicted octanol–water partition coefficient (Wildman–Crippen LogP) is 0.0268. The third-order valence-corrected chi connectivity index (χ3v) is 3.18. The van der Waals surface area contributed by atoms with Crippen molar-refractivity contribution in [3.63, 3.8) is 0 Å². The Morgan fingerprint density at radius 2 is 2.25 bits per heavy atom. The van der Waals surface area contributed by atoms with Crippen molar-refractivity contribution in [1.29, 1.82) is 0 Å². The van der Waals surface area contributed by atoms with Gasteiger partial charge in [-0.2, -0.15) is 15.0 Å². The molecule has 0 spiro atoms. The van der Waals surface area contributed by atoms with Crippen LogP contribution in [0.3, 0.4) is 0 Å². The largest absolute Gasteiger partial charge is 0.467 e. The summed E-state index contributed by atoms with van der Waals surface area (Å²) in [7, 11) is 3.14. The average Bonchev–Trinajstić information content (AvgIpc) is 2.95. The lowest BCUT2D eigenvalue weighted by atomic mass is 10.2. The zero-order valence-electron chi connectivity index (χ0n) is 12.0. The van der Waals surface area contributed by atoms with E-state index in [0.29, 0.717) is 18.4 Å². The topological polar surface area (TPSA) is 92.3 Å². The molecule has 1 aliphatic heterocycles. The molecule has 20 heavy (non-hydrogen) atoms. The molecule has 1 unspecified atom stereocenters. The Labute approximate surface area is 118 Å². The third-order valence-electron chi connectivity index (χ3n) is 3.18. The highest BCUT2D eigenvalue weighted by molar-refractivity contribution is 5.85. The van der Waals surface area contributed by atoms with Gasteiger partial charge < -0.3 is 20.3 Å². The van der Waals surface area contributed by atoms with Crippen LogP contribution in [0.4, 0.5) is 11.9 Å². The number of amides is 1. The molecular formula is C12H20N6O2. The first-order valence-corrected chi connectivity index (χ1v) is 6.71. The Kier molecular flexibility index (Phi) is 4.54. The summed E-state index contributed by atoms with van der Waals surface area (Å²) in [4.78, 5) is 26.5. The summed E-state index contributed by atoms with van der Waals surface area (Å²) in [6, 6.07) is 0.00934. The van der Waals surface area contributed by atoms with Crippen LogP contribution in [0, 0.1) is 0 Å². The second kappa shape index (κ2) is 6.36. The minimum absolute atomic E-state index is 0.0214. The zero-order chi connectivity index (χ0) is 14.5. The van der Waals surface area contributed by atoms with Crippen molar-refractivity contribution >= 4 is 17.8 Å². The maximum atomic E-state index is 11.9. The van der Waals surface area contributed by atoms with E-state index in [2.05, 4.69) is 25.6 Å². The van der Waals surface area contributed by atoms with E-state index < -0.39 is 0 Å². The molecule has 1 fully saturated rings. The first-order valence-electron chi connectivity index (χ1n) is 6.71. The van der Waals surface area contributed by atoms with E-state index in [0.717, 1.165) is 19.4 Å². The molecule has 2 heterocycles. The molecule has 1 aliphatic rings. The molecule has 2 N–H and O–H groups in total. The number of hydrogen-bond acceptors (Lipinski definition) is 7. The van der Waals surface area contributed by atoms with Crippen LogP contribution in [-0.4, -0.2) is 54.1 Å². The molecule has 1 saturated heterocycles. The van der Waals surface area contributed by atoms with Crippen LogP contribution in [0.5, 0.6) is 6.01 Å². The number of ether oxygens (including phenoxy) is 1. The van der Waals surface area contributed by atoms with Gasteiger partial charge in [0.25, 0.3) is 0 Å². The van der Waals surface area contributed by atoms with E-state index >= 15 is 0 Å². The van der Waals surface area contributed by atoms with Crippen LogP contribution < -0.4 is 20.3 Å². The van der Waals surface area contributed by atoms with Gasteiger partial charge in [-0.3, -0.25) is 4.79 Å². The molecule has 0 bridgehead atoms. The lowest BCUT2D eigenvalue weighted by Crippen LogP contribution is -2.42. The molecule has 1 aromatic rings. The standard InChI is InChI=1S/C12H20N6O2/c1-4-14-10-15-11(17-12(16-10)20-3)18-7-5-6-8(18)9(19)13-2/h8H,4-7H2,1-3H3,(H,13,19)(H,14,15,16,17). The van der Waals surface area contributed by atoms with Crippen LogP contribution >= 0.6 is 0 Å². The number of anilines is 2. The number of methoxy groups -OCH3 is 1. The minimum atomic E-state index is -0.235. The number of likely N-dealkylation sites (N-methyl/N-ethyl adjacent to an activating group) is 1. The molecule has 1 atom stereocenters. The lowest BCUT2D eigenvalue weighted by Gasteiger charge is -2.23. The Morgan fingerprint density at radius 3 is 2.90 bits per heavy atom. The van der Waals surface area contributed by atoms with Gasteiger partial charge in [0.05, 0.1) is 7.11 Å². The van der Waals surface area contributed by atoms with Gasteiger partial charge in [0.2, 0.25) is 17.8 Å². The van der Waals surface area contributed by atoms with Crippen molar-refractivity contribution in [1.82, 2.24) is 20.3 Å². The van der Waals surface area contributed by atoms with Gasteiger partial charge in [0, 0.05) is 20.1 Å². The summed E-state index contributed by atoms with van der Waals surface area (Å²) in [6.07, 6.45) is 1.73. The Balaban J connectivity index is 2.30. The average molecular weight is 280 g/mol. The van der Waals surface area contributed by atoms with Crippen molar-refractivity contribution in [2.24, 2.45) is 0 Å². The van der Waals surface area contributed by atoms with Gasteiger partial charge in [0.1, 0.15) is 6.04 Å². The number of rotatable bonds is 5. The van der Waals surface area contributed by atoms with Crippen molar-refractivity contribution < 1.29 is 9.53 Å². The number of hydrogen-bond donors (Lipinski definition) is 2. The summed E-state index contributed by atoms with van der Waals surface area (Å²) >= 11 is 0. The number of carbonyl (C=O) groups is 1. The highest BCUT2D eigenvalue weighted by Crippen LogP contribution is 2.24. The molecule has 8 nitrogen and oxygen atoms in total. The van der Waals surface area contributed by atoms with Gasteiger partial charge in [-0.1, -0.05) is 0 Å². The summed E-state index contributed by atoms with van der Waals surface area (Å²) in [5, 5.41) is 5.71. The number of nitrogens with one attached hydrogen (secondary N) is 2. The van der Waals surface area contributed by atoms with Crippen LogP contribution in [-0.2, 0) is 4.79 Å². The zero-order valence-corrected chi connectivity index (χ0v) is 12.0. The Morgan fingerprint density at radius 1 is 1.45 bits per heavy atom. The van der Waals surface area contributed by atoms with Crippen molar-refractivity contribution in [3.8, 4) is 6.01 Å². The summed E-state index contributed by atoms with van der Waals surface area (Å²) in [5.74, 6) is 0.905. The van der Waals surface area contributed by atoms with E-state index in [1.807, 2.05) is 11.8 Å². The number of carbonyl (C=O) groups excluding carboxylic acids is 1. The fourth-order valence-corrected chi connectivity index (χ4v) is 2.25. The molecule has 0 saturated carbocycles. The van der Waals surface area contributed by atoms with Crippen molar-refractivity contribution in [2.75, 3.05) is 37.5 Å². The molecule has 2 rings (SSSR count). The van der Waals surface area contributed by atoms with Gasteiger partial charge in [0.15, 0.2) is 0 Å². The molecular weight excluding hydrogens is 260 g/mol. The van der Waals surface area contributed by atoms with Crippen LogP contribution in [0.15, 0.2) is 0 Å². The summed E-state index contributed by atoms with van der Waals surface area (Å²) in [5.41, 5.74) is 0. The first-order chi connectivity index (χ1) is 9.69. The quantitative estimate of drug-likeness (QED) is 0.786. The molecule has 110 valence electrons. The number of nitrogens with zero attached hydrogens (tertiary/aromatic N) is 4. The molecule has 0 aliphatic carbocycles. The maximum Gasteiger partial charge on any atom is 0.322 e. The SMILES string of the molecule is CCNc1nc(OC)nc(N2CCCC2C(=O)NC)n1. The second-order valence-corrected chi connectivity index (χ2v) is 4.44. The lowest BCUT2D eigenvalue weighted by molar-refractivity contribution is -0.121. The minimum Gasteiger partial charge on any atom is -0.467 e. The van der Waals surface area contributed by atoms with Gasteiger partial charge in [-0.15, -0.1) is 0 Å². The fourth-order valence-electron chi connectivity index (χ4n) is 2.25. The highest BCUT2D eigenvalue weighted by atomic mass is 16.5. The van der Waals surface area contributed by atoms with E-state index in [1.165, 1.54) is 7.11 Å². The normalized spacial score (nSPS) is 17.9. The fraction of sp³-hybridized carbons (Fsp3) is 0.667. The van der Waals surface area contributed by atoms with Gasteiger partial charge in [-0.25, -0.2) is 0 Å². The monoisotopic (exact) mass is 280 g/mol. The Hall–Kier alpha value is -2.12. The van der Waals surface area contributed by atoms with E-state index in [9.17, 15) is 4.79 Å². The molecule has 8 heteroatoms. The molecule has 0 aromatic carbocycles. The van der Waals surface area contributed by atoms with Crippen molar-refractivity contribution in [3.05, 3.63) is 0 Å². The third kappa shape index (κ3) is 2.89. The second-order valence-electron chi connectivity index (χ2n) is 4.44. The van der Waals surface area contributed by atoms with Crippen LogP contribution in [0.1, 0.15) is 19.8 Å². The summed E-state index contributed by atoms with van der Waals surface area (Å²) < 4.78 is 5.09. The first kappa shape index (κ1) is 14.3. The maximum absolute atomic E-state index is 11.9. The molecule has 0 radical (unpaired) electrons. The molecule has 1 aromatic heterocycles. The number of aromatic nitrogens is 3. The van der Waals surface area contributed by atoms with Crippen LogP contribution in [0.2, 0.25) is 0 Å². The smallest absolute Gasteiger partial charge is 0.322 e. The molecule has 1 amide bonds.